The molecule has 3 heteroatoms. The second-order valence-electron chi connectivity index (χ2n) is 5.53. The van der Waals surface area contributed by atoms with Crippen LogP contribution in [0.2, 0.25) is 0 Å². The first-order chi connectivity index (χ1) is 9.79. The summed E-state index contributed by atoms with van der Waals surface area (Å²) >= 11 is 0. The van der Waals surface area contributed by atoms with Gasteiger partial charge in [-0.05, 0) is 38.5 Å². The molecule has 1 heterocycles. The van der Waals surface area contributed by atoms with Gasteiger partial charge in [0, 0.05) is 26.2 Å². The minimum absolute atomic E-state index is 0.248. The van der Waals surface area contributed by atoms with Gasteiger partial charge in [-0.1, -0.05) is 25.0 Å². The van der Waals surface area contributed by atoms with Gasteiger partial charge in [-0.3, -0.25) is 0 Å². The molecule has 1 rings (SSSR count). The van der Waals surface area contributed by atoms with E-state index < -0.39 is 0 Å². The highest BCUT2D eigenvalue weighted by molar-refractivity contribution is 5.76. The smallest absolute Gasteiger partial charge is 0.320 e. The maximum atomic E-state index is 12.2. The lowest BCUT2D eigenvalue weighted by Gasteiger charge is -2.18. The van der Waals surface area contributed by atoms with Gasteiger partial charge in [0.25, 0.3) is 0 Å². The van der Waals surface area contributed by atoms with E-state index in [9.17, 15) is 4.79 Å². The molecule has 1 saturated heterocycles. The first-order valence-electron chi connectivity index (χ1n) is 8.05. The molecule has 0 aromatic rings. The van der Waals surface area contributed by atoms with Gasteiger partial charge < -0.3 is 9.80 Å². The van der Waals surface area contributed by atoms with Crippen molar-refractivity contribution in [3.8, 4) is 0 Å². The Morgan fingerprint density at radius 1 is 0.800 bits per heavy atom. The van der Waals surface area contributed by atoms with Crippen molar-refractivity contribution in [2.75, 3.05) is 26.2 Å². The Bertz CT molecular complexity index is 273. The number of urea groups is 1. The van der Waals surface area contributed by atoms with Crippen LogP contribution in [0.4, 0.5) is 4.79 Å². The number of hydrogen-bond donors (Lipinski definition) is 0. The molecule has 0 bridgehead atoms. The Morgan fingerprint density at radius 3 is 1.65 bits per heavy atom. The third-order valence-electron chi connectivity index (χ3n) is 3.85. The van der Waals surface area contributed by atoms with Crippen molar-refractivity contribution < 1.29 is 4.79 Å². The fraction of sp³-hybridized carbons (Fsp3) is 0.706. The summed E-state index contributed by atoms with van der Waals surface area (Å²) in [5, 5.41) is 0. The summed E-state index contributed by atoms with van der Waals surface area (Å²) in [6, 6.07) is 0.248. The summed E-state index contributed by atoms with van der Waals surface area (Å²) in [6.45, 7) is 11.1. The van der Waals surface area contributed by atoms with Gasteiger partial charge in [-0.25, -0.2) is 4.79 Å². The fourth-order valence-electron chi connectivity index (χ4n) is 2.58. The molecule has 0 unspecified atom stereocenters. The number of carbonyl (C=O) groups is 1. The molecule has 0 saturated carbocycles. The lowest BCUT2D eigenvalue weighted by molar-refractivity contribution is 0.190. The number of rotatable bonds is 12. The average Bonchev–Trinajstić information content (AvgIpc) is 2.80. The van der Waals surface area contributed by atoms with Crippen LogP contribution in [0.25, 0.3) is 0 Å². The van der Waals surface area contributed by atoms with Crippen molar-refractivity contribution in [1.82, 2.24) is 9.80 Å². The molecule has 0 aromatic carbocycles. The first-order valence-corrected chi connectivity index (χ1v) is 8.05. The zero-order valence-corrected chi connectivity index (χ0v) is 12.9. The molecule has 1 aliphatic rings. The van der Waals surface area contributed by atoms with Gasteiger partial charge in [0.15, 0.2) is 0 Å². The molecule has 1 aliphatic heterocycles. The van der Waals surface area contributed by atoms with Crippen LogP contribution in [0.15, 0.2) is 25.3 Å². The van der Waals surface area contributed by atoms with Crippen molar-refractivity contribution >= 4 is 6.03 Å². The molecule has 0 aliphatic carbocycles. The van der Waals surface area contributed by atoms with Crippen molar-refractivity contribution in [3.63, 3.8) is 0 Å². The molecule has 0 atom stereocenters. The minimum Gasteiger partial charge on any atom is -0.323 e. The van der Waals surface area contributed by atoms with E-state index in [2.05, 4.69) is 13.2 Å². The summed E-state index contributed by atoms with van der Waals surface area (Å²) in [7, 11) is 0. The Hall–Kier alpha value is -1.25. The molecule has 1 fully saturated rings. The quantitative estimate of drug-likeness (QED) is 0.387. The Morgan fingerprint density at radius 2 is 1.25 bits per heavy atom. The van der Waals surface area contributed by atoms with Crippen molar-refractivity contribution in [2.45, 2.75) is 51.4 Å². The van der Waals surface area contributed by atoms with E-state index >= 15 is 0 Å². The molecule has 0 aromatic heterocycles. The molecular weight excluding hydrogens is 248 g/mol. The molecule has 3 nitrogen and oxygen atoms in total. The van der Waals surface area contributed by atoms with Crippen LogP contribution in [0.1, 0.15) is 51.4 Å². The third-order valence-corrected chi connectivity index (χ3v) is 3.85. The van der Waals surface area contributed by atoms with E-state index in [1.54, 1.807) is 0 Å². The summed E-state index contributed by atoms with van der Waals surface area (Å²) in [4.78, 5) is 16.2. The molecule has 2 amide bonds. The Balaban J connectivity index is 2.09. The van der Waals surface area contributed by atoms with Crippen LogP contribution >= 0.6 is 0 Å². The standard InChI is InChI=1S/C17H30N2O/c1-3-5-7-9-11-13-18-15-16-19(17(18)20)14-12-10-8-6-4-2/h3-4H,1-2,5-16H2. The largest absolute Gasteiger partial charge is 0.323 e. The van der Waals surface area contributed by atoms with E-state index in [1.165, 1.54) is 25.7 Å². The zero-order valence-electron chi connectivity index (χ0n) is 12.9. The first kappa shape index (κ1) is 16.8. The number of nitrogens with zero attached hydrogens (tertiary/aromatic N) is 2. The van der Waals surface area contributed by atoms with Crippen molar-refractivity contribution in [1.29, 1.82) is 0 Å². The van der Waals surface area contributed by atoms with Gasteiger partial charge in [0.1, 0.15) is 0 Å². The highest BCUT2D eigenvalue weighted by atomic mass is 16.2. The second-order valence-corrected chi connectivity index (χ2v) is 5.53. The normalized spacial score (nSPS) is 14.9. The molecule has 114 valence electrons. The molecule has 0 radical (unpaired) electrons. The Kier molecular flexibility index (Phi) is 8.84. The van der Waals surface area contributed by atoms with E-state index in [-0.39, 0.29) is 6.03 Å². The van der Waals surface area contributed by atoms with Crippen LogP contribution < -0.4 is 0 Å². The fourth-order valence-corrected chi connectivity index (χ4v) is 2.58. The number of carbonyl (C=O) groups excluding carboxylic acids is 1. The van der Waals surface area contributed by atoms with Gasteiger partial charge in [0.2, 0.25) is 0 Å². The maximum absolute atomic E-state index is 12.2. The SMILES string of the molecule is C=CCCCCCN1CCN(CCCCCC=C)C1=O. The van der Waals surface area contributed by atoms with Crippen LogP contribution in [0.5, 0.6) is 0 Å². The lowest BCUT2D eigenvalue weighted by atomic mass is 10.2. The van der Waals surface area contributed by atoms with Crippen LogP contribution in [-0.4, -0.2) is 42.0 Å². The number of unbranched alkanes of at least 4 members (excludes halogenated alkanes) is 6. The minimum atomic E-state index is 0.248. The van der Waals surface area contributed by atoms with Gasteiger partial charge in [0.05, 0.1) is 0 Å². The monoisotopic (exact) mass is 278 g/mol. The predicted octanol–water partition coefficient (Wildman–Crippen LogP) is 4.22. The van der Waals surface area contributed by atoms with E-state index in [1.807, 2.05) is 22.0 Å². The molecule has 0 N–H and O–H groups in total. The van der Waals surface area contributed by atoms with E-state index in [0.717, 1.165) is 51.9 Å². The van der Waals surface area contributed by atoms with Crippen molar-refractivity contribution in [2.24, 2.45) is 0 Å². The van der Waals surface area contributed by atoms with Gasteiger partial charge >= 0.3 is 6.03 Å². The number of allylic oxidation sites excluding steroid dienone is 2. The van der Waals surface area contributed by atoms with Crippen LogP contribution in [0, 0.1) is 0 Å². The van der Waals surface area contributed by atoms with Crippen molar-refractivity contribution in [3.05, 3.63) is 25.3 Å². The predicted molar refractivity (Wildman–Crippen MR) is 85.9 cm³/mol. The van der Waals surface area contributed by atoms with Crippen LogP contribution in [-0.2, 0) is 0 Å². The Labute approximate surface area is 124 Å². The maximum Gasteiger partial charge on any atom is 0.320 e. The average molecular weight is 278 g/mol. The van der Waals surface area contributed by atoms with Gasteiger partial charge in [-0.2, -0.15) is 0 Å². The third kappa shape index (κ3) is 6.27. The number of hydrogen-bond acceptors (Lipinski definition) is 1. The summed E-state index contributed by atoms with van der Waals surface area (Å²) < 4.78 is 0. The molecule has 20 heavy (non-hydrogen) atoms. The molecule has 0 spiro atoms. The summed E-state index contributed by atoms with van der Waals surface area (Å²) in [5.41, 5.74) is 0. The highest BCUT2D eigenvalue weighted by Crippen LogP contribution is 2.12. The van der Waals surface area contributed by atoms with Crippen LogP contribution in [0.3, 0.4) is 0 Å². The topological polar surface area (TPSA) is 23.6 Å². The summed E-state index contributed by atoms with van der Waals surface area (Å²) in [5.74, 6) is 0. The number of amides is 2. The summed E-state index contributed by atoms with van der Waals surface area (Å²) in [6.07, 6.45) is 13.1. The second kappa shape index (κ2) is 10.5. The lowest BCUT2D eigenvalue weighted by Crippen LogP contribution is -2.33. The van der Waals surface area contributed by atoms with E-state index in [0.29, 0.717) is 0 Å². The highest BCUT2D eigenvalue weighted by Gasteiger charge is 2.26. The molecular formula is C17H30N2O. The van der Waals surface area contributed by atoms with E-state index in [4.69, 9.17) is 0 Å². The zero-order chi connectivity index (χ0) is 14.6. The van der Waals surface area contributed by atoms with Gasteiger partial charge in [-0.15, -0.1) is 13.2 Å².